The molecule has 0 radical (unpaired) electrons. The Labute approximate surface area is 125 Å². The topological polar surface area (TPSA) is 78.6 Å². The molecule has 0 saturated heterocycles. The van der Waals surface area contributed by atoms with Crippen LogP contribution in [0.3, 0.4) is 0 Å². The second kappa shape index (κ2) is 7.31. The van der Waals surface area contributed by atoms with E-state index in [1.54, 1.807) is 6.07 Å². The van der Waals surface area contributed by atoms with E-state index in [4.69, 9.17) is 11.0 Å². The summed E-state index contributed by atoms with van der Waals surface area (Å²) in [6.07, 6.45) is 0. The molecule has 1 rings (SSSR count). The standard InChI is InChI=1S/C6H5N.2C2H4O2.2Hg/c7-6-4-2-1-3-5-6;2*1-2(3)4;;/h2-4H,7H2;2*1H3,(H,3,4);;/q;;;2*+1/p-2. The van der Waals surface area contributed by atoms with Gasteiger partial charge in [-0.3, -0.25) is 0 Å². The Balaban J connectivity index is 2.71. The minimum atomic E-state index is -1.89. The van der Waals surface area contributed by atoms with Crippen molar-refractivity contribution in [3.8, 4) is 0 Å². The number of benzene rings is 1. The van der Waals surface area contributed by atoms with E-state index < -0.39 is 50.1 Å². The molecule has 1 aromatic carbocycles. The zero-order valence-corrected chi connectivity index (χ0v) is 20.9. The van der Waals surface area contributed by atoms with Crippen molar-refractivity contribution >= 4 is 23.8 Å². The van der Waals surface area contributed by atoms with E-state index in [2.05, 4.69) is 0 Å². The van der Waals surface area contributed by atoms with Gasteiger partial charge in [0, 0.05) is 0 Å². The van der Waals surface area contributed by atoms with Gasteiger partial charge in [0.15, 0.2) is 0 Å². The van der Waals surface area contributed by atoms with Crippen LogP contribution in [0.15, 0.2) is 18.2 Å². The number of hydrogen-bond acceptors (Lipinski definition) is 5. The summed E-state index contributed by atoms with van der Waals surface area (Å²) in [7, 11) is 0. The van der Waals surface area contributed by atoms with E-state index in [-0.39, 0.29) is 11.9 Å². The first-order valence-corrected chi connectivity index (χ1v) is 15.1. The molecule has 0 aliphatic rings. The average molecular weight is 610 g/mol. The van der Waals surface area contributed by atoms with Gasteiger partial charge in [-0.05, 0) is 0 Å². The second-order valence-electron chi connectivity index (χ2n) is 3.59. The zero-order valence-electron chi connectivity index (χ0n) is 9.86. The van der Waals surface area contributed by atoms with Crippen molar-refractivity contribution in [1.29, 1.82) is 0 Å². The first-order chi connectivity index (χ1) is 7.99. The van der Waals surface area contributed by atoms with Gasteiger partial charge in [0.1, 0.15) is 0 Å². The van der Waals surface area contributed by atoms with Crippen LogP contribution in [0.4, 0.5) is 5.69 Å². The number of rotatable bonds is 4. The molecule has 0 fully saturated rings. The van der Waals surface area contributed by atoms with Gasteiger partial charge in [0.25, 0.3) is 0 Å². The van der Waals surface area contributed by atoms with Crippen LogP contribution in [0.25, 0.3) is 0 Å². The molecule has 84 valence electrons. The predicted octanol–water partition coefficient (Wildman–Crippen LogP) is -0.359. The molecule has 0 atom stereocenters. The van der Waals surface area contributed by atoms with Gasteiger partial charge in [-0.25, -0.2) is 0 Å². The molecule has 0 aliphatic heterocycles. The van der Waals surface area contributed by atoms with E-state index in [1.807, 2.05) is 12.1 Å². The monoisotopic (exact) mass is 613 g/mol. The van der Waals surface area contributed by atoms with Crippen LogP contribution in [0.2, 0.25) is 0 Å². The van der Waals surface area contributed by atoms with Crippen LogP contribution in [0.5, 0.6) is 0 Å². The molecule has 7 heteroatoms. The molecular weight excluding hydrogens is 599 g/mol. The normalized spacial score (nSPS) is 8.82. The Hall–Kier alpha value is -0.170. The maximum atomic E-state index is 10.8. The molecule has 5 nitrogen and oxygen atoms in total. The Kier molecular flexibility index (Phi) is 6.40. The summed E-state index contributed by atoms with van der Waals surface area (Å²) >= 11 is -3.69. The van der Waals surface area contributed by atoms with E-state index >= 15 is 0 Å². The minimum absolute atomic E-state index is 0.227. The summed E-state index contributed by atoms with van der Waals surface area (Å²) in [5, 5.41) is 0. The number of nitrogen functional groups attached to an aromatic ring is 1. The summed E-state index contributed by atoms with van der Waals surface area (Å²) in [6.45, 7) is 2.82. The molecule has 0 bridgehead atoms. The Bertz CT molecular complexity index is 436. The first-order valence-electron chi connectivity index (χ1n) is 5.13. The third kappa shape index (κ3) is 5.81. The molecule has 0 unspecified atom stereocenters. The molecule has 0 saturated carbocycles. The van der Waals surface area contributed by atoms with Crippen molar-refractivity contribution in [3.05, 3.63) is 18.2 Å². The molecule has 0 heterocycles. The fraction of sp³-hybridized carbons (Fsp3) is 0.200. The maximum absolute atomic E-state index is 10.8. The summed E-state index contributed by atoms with van der Waals surface area (Å²) in [6, 6.07) is 5.65. The Morgan fingerprint density at radius 2 is 1.71 bits per heavy atom. The van der Waals surface area contributed by atoms with Crippen molar-refractivity contribution in [2.24, 2.45) is 0 Å². The van der Waals surface area contributed by atoms with Gasteiger partial charge in [-0.2, -0.15) is 0 Å². The van der Waals surface area contributed by atoms with Crippen molar-refractivity contribution in [2.75, 3.05) is 5.73 Å². The second-order valence-corrected chi connectivity index (χ2v) is 14.2. The molecule has 1 aromatic rings. The fourth-order valence-corrected chi connectivity index (χ4v) is 13.0. The van der Waals surface area contributed by atoms with E-state index in [0.29, 0.717) is 5.69 Å². The molecule has 2 N–H and O–H groups in total. The summed E-state index contributed by atoms with van der Waals surface area (Å²) in [5.74, 6) is -0.476. The van der Waals surface area contributed by atoms with Gasteiger partial charge in [0.05, 0.1) is 0 Å². The summed E-state index contributed by atoms with van der Waals surface area (Å²) in [5.41, 5.74) is 6.49. The van der Waals surface area contributed by atoms with Crippen molar-refractivity contribution in [1.82, 2.24) is 0 Å². The van der Waals surface area contributed by atoms with Gasteiger partial charge in [-0.1, -0.05) is 0 Å². The SMILES string of the molecule is CC(=O)[O][Hg][c]1ccc(N)[c]([Hg][O]C(C)=O)c1. The van der Waals surface area contributed by atoms with Crippen LogP contribution >= 0.6 is 0 Å². The van der Waals surface area contributed by atoms with Crippen LogP contribution in [-0.4, -0.2) is 11.9 Å². The molecule has 17 heavy (non-hydrogen) atoms. The number of carbonyl (C=O) groups is 2. The number of nitrogens with two attached hydrogens (primary N) is 1. The van der Waals surface area contributed by atoms with E-state index in [9.17, 15) is 9.59 Å². The predicted molar refractivity (Wildman–Crippen MR) is 53.7 cm³/mol. The zero-order chi connectivity index (χ0) is 12.8. The van der Waals surface area contributed by atoms with Crippen molar-refractivity contribution in [2.45, 2.75) is 13.8 Å². The third-order valence-corrected chi connectivity index (χ3v) is 13.0. The fourth-order valence-electron chi connectivity index (χ4n) is 1.24. The average Bonchev–Trinajstić information content (AvgIpc) is 2.26. The van der Waals surface area contributed by atoms with Crippen LogP contribution in [-0.2, 0) is 64.9 Å². The molecule has 0 amide bonds. The third-order valence-electron chi connectivity index (χ3n) is 2.08. The molecule has 0 spiro atoms. The Morgan fingerprint density at radius 1 is 1.12 bits per heavy atom. The van der Waals surface area contributed by atoms with Gasteiger partial charge >= 0.3 is 126 Å². The molecule has 0 aromatic heterocycles. The quantitative estimate of drug-likeness (QED) is 0.373. The van der Waals surface area contributed by atoms with Crippen LogP contribution in [0, 0.1) is 0 Å². The first kappa shape index (κ1) is 14.9. The van der Waals surface area contributed by atoms with Crippen molar-refractivity contribution < 1.29 is 64.9 Å². The Morgan fingerprint density at radius 3 is 2.29 bits per heavy atom. The number of anilines is 1. The number of hydrogen-bond donors (Lipinski definition) is 1. The van der Waals surface area contributed by atoms with Crippen molar-refractivity contribution in [3.63, 3.8) is 0 Å². The van der Waals surface area contributed by atoms with Gasteiger partial charge in [0.2, 0.25) is 0 Å². The molecular formula is C10H11Hg2NO4. The summed E-state index contributed by atoms with van der Waals surface area (Å²) < 4.78 is 12.3. The van der Waals surface area contributed by atoms with Gasteiger partial charge < -0.3 is 0 Å². The van der Waals surface area contributed by atoms with Crippen LogP contribution in [0.1, 0.15) is 13.8 Å². The molecule has 0 aliphatic carbocycles. The number of carbonyl (C=O) groups excluding carboxylic acids is 2. The van der Waals surface area contributed by atoms with E-state index in [1.165, 1.54) is 13.8 Å². The van der Waals surface area contributed by atoms with E-state index in [0.717, 1.165) is 6.14 Å². The van der Waals surface area contributed by atoms with Gasteiger partial charge in [-0.15, -0.1) is 0 Å². The van der Waals surface area contributed by atoms with Crippen LogP contribution < -0.4 is 11.9 Å². The summed E-state index contributed by atoms with van der Waals surface area (Å²) in [4.78, 5) is 21.5.